The molecule has 0 spiro atoms. The molecule has 2 heterocycles. The highest BCUT2D eigenvalue weighted by Gasteiger charge is 2.17. The minimum atomic E-state index is -0.217. The van der Waals surface area contributed by atoms with E-state index < -0.39 is 0 Å². The predicted octanol–water partition coefficient (Wildman–Crippen LogP) is 5.37. The Labute approximate surface area is 187 Å². The van der Waals surface area contributed by atoms with Crippen LogP contribution in [0.25, 0.3) is 17.1 Å². The summed E-state index contributed by atoms with van der Waals surface area (Å²) in [6.45, 7) is 0. The van der Waals surface area contributed by atoms with Crippen LogP contribution in [0.2, 0.25) is 10.2 Å². The molecule has 0 bridgehead atoms. The molecule has 1 amide bonds. The van der Waals surface area contributed by atoms with E-state index in [1.807, 2.05) is 47.0 Å². The number of nitrogens with one attached hydrogen (secondary N) is 1. The molecule has 150 valence electrons. The average Bonchev–Trinajstić information content (AvgIpc) is 3.19. The number of hydrogen-bond acceptors (Lipinski definition) is 5. The fourth-order valence-corrected chi connectivity index (χ4v) is 3.80. The van der Waals surface area contributed by atoms with Crippen molar-refractivity contribution >= 4 is 46.6 Å². The molecule has 0 unspecified atom stereocenters. The number of carbonyl (C=O) groups excluding carboxylic acids is 1. The number of pyridine rings is 1. The van der Waals surface area contributed by atoms with Crippen LogP contribution in [0.3, 0.4) is 0 Å². The molecule has 4 rings (SSSR count). The molecule has 0 atom stereocenters. The van der Waals surface area contributed by atoms with Crippen molar-refractivity contribution in [1.29, 1.82) is 0 Å². The molecular formula is C21H15Cl2N5OS. The largest absolute Gasteiger partial charge is 0.323 e. The third kappa shape index (κ3) is 4.64. The van der Waals surface area contributed by atoms with Crippen LogP contribution < -0.4 is 5.32 Å². The van der Waals surface area contributed by atoms with E-state index in [2.05, 4.69) is 20.5 Å². The first-order valence-electron chi connectivity index (χ1n) is 8.92. The number of benzene rings is 2. The number of anilines is 1. The van der Waals surface area contributed by atoms with Crippen LogP contribution in [0.4, 0.5) is 5.69 Å². The van der Waals surface area contributed by atoms with E-state index in [0.29, 0.717) is 21.7 Å². The van der Waals surface area contributed by atoms with Crippen molar-refractivity contribution in [2.75, 3.05) is 11.1 Å². The van der Waals surface area contributed by atoms with Crippen molar-refractivity contribution in [2.45, 2.75) is 5.16 Å². The van der Waals surface area contributed by atoms with Gasteiger partial charge in [-0.1, -0.05) is 53.2 Å². The van der Waals surface area contributed by atoms with Gasteiger partial charge in [0.1, 0.15) is 0 Å². The molecule has 0 saturated heterocycles. The third-order valence-corrected chi connectivity index (χ3v) is 5.60. The number of nitrogens with zero attached hydrogens (tertiary/aromatic N) is 4. The van der Waals surface area contributed by atoms with Crippen molar-refractivity contribution in [2.24, 2.45) is 0 Å². The van der Waals surface area contributed by atoms with Gasteiger partial charge in [-0.15, -0.1) is 10.2 Å². The van der Waals surface area contributed by atoms with Gasteiger partial charge in [-0.3, -0.25) is 9.36 Å². The number of carbonyl (C=O) groups is 1. The SMILES string of the molecule is O=C(CSc1nnc(-c2ccc(Cl)cc2)n1-c1ccccc1)Nc1cccnc1Cl. The Bertz CT molecular complexity index is 1170. The molecular weight excluding hydrogens is 441 g/mol. The van der Waals surface area contributed by atoms with Crippen LogP contribution in [-0.2, 0) is 4.79 Å². The number of hydrogen-bond donors (Lipinski definition) is 1. The van der Waals surface area contributed by atoms with Crippen molar-refractivity contribution in [3.05, 3.63) is 83.1 Å². The summed E-state index contributed by atoms with van der Waals surface area (Å²) >= 11 is 13.3. The van der Waals surface area contributed by atoms with Gasteiger partial charge in [-0.25, -0.2) is 4.98 Å². The second-order valence-corrected chi connectivity index (χ2v) is 7.90. The number of aromatic nitrogens is 4. The van der Waals surface area contributed by atoms with Crippen LogP contribution in [0.5, 0.6) is 0 Å². The molecule has 9 heteroatoms. The van der Waals surface area contributed by atoms with E-state index in [9.17, 15) is 4.79 Å². The van der Waals surface area contributed by atoms with Gasteiger partial charge < -0.3 is 5.32 Å². The lowest BCUT2D eigenvalue weighted by molar-refractivity contribution is -0.113. The minimum Gasteiger partial charge on any atom is -0.323 e. The van der Waals surface area contributed by atoms with E-state index >= 15 is 0 Å². The number of halogens is 2. The van der Waals surface area contributed by atoms with Crippen LogP contribution in [0.1, 0.15) is 0 Å². The second kappa shape index (κ2) is 9.30. The van der Waals surface area contributed by atoms with E-state index in [-0.39, 0.29) is 16.8 Å². The molecule has 2 aromatic carbocycles. The Morgan fingerprint density at radius 3 is 2.47 bits per heavy atom. The van der Waals surface area contributed by atoms with Gasteiger partial charge >= 0.3 is 0 Å². The summed E-state index contributed by atoms with van der Waals surface area (Å²) < 4.78 is 1.91. The summed E-state index contributed by atoms with van der Waals surface area (Å²) in [4.78, 5) is 16.4. The smallest absolute Gasteiger partial charge is 0.234 e. The highest BCUT2D eigenvalue weighted by atomic mass is 35.5. The number of rotatable bonds is 6. The monoisotopic (exact) mass is 455 g/mol. The minimum absolute atomic E-state index is 0.136. The van der Waals surface area contributed by atoms with E-state index in [0.717, 1.165) is 11.3 Å². The molecule has 4 aromatic rings. The molecule has 2 aromatic heterocycles. The Balaban J connectivity index is 1.59. The summed E-state index contributed by atoms with van der Waals surface area (Å²) in [6.07, 6.45) is 1.56. The third-order valence-electron chi connectivity index (χ3n) is 4.12. The van der Waals surface area contributed by atoms with Crippen LogP contribution in [0.15, 0.2) is 78.1 Å². The average molecular weight is 456 g/mol. The lowest BCUT2D eigenvalue weighted by atomic mass is 10.2. The standard InChI is InChI=1S/C21H15Cl2N5OS/c22-15-10-8-14(9-11-15)20-26-27-21(28(20)16-5-2-1-3-6-16)30-13-18(29)25-17-7-4-12-24-19(17)23/h1-12H,13H2,(H,25,29). The first-order valence-corrected chi connectivity index (χ1v) is 10.7. The van der Waals surface area contributed by atoms with Gasteiger partial charge in [-0.2, -0.15) is 0 Å². The first kappa shape index (κ1) is 20.4. The zero-order valence-electron chi connectivity index (χ0n) is 15.5. The van der Waals surface area contributed by atoms with Crippen LogP contribution in [-0.4, -0.2) is 31.4 Å². The van der Waals surface area contributed by atoms with E-state index in [4.69, 9.17) is 23.2 Å². The van der Waals surface area contributed by atoms with Crippen molar-refractivity contribution in [3.8, 4) is 17.1 Å². The van der Waals surface area contributed by atoms with Gasteiger partial charge in [0.2, 0.25) is 5.91 Å². The van der Waals surface area contributed by atoms with Gasteiger partial charge in [0.05, 0.1) is 11.4 Å². The van der Waals surface area contributed by atoms with E-state index in [1.165, 1.54) is 11.8 Å². The number of amides is 1. The van der Waals surface area contributed by atoms with Gasteiger partial charge in [-0.05, 0) is 48.5 Å². The van der Waals surface area contributed by atoms with Crippen molar-refractivity contribution in [3.63, 3.8) is 0 Å². The maximum Gasteiger partial charge on any atom is 0.234 e. The zero-order valence-corrected chi connectivity index (χ0v) is 17.8. The second-order valence-electron chi connectivity index (χ2n) is 6.16. The molecule has 0 fully saturated rings. The summed E-state index contributed by atoms with van der Waals surface area (Å²) in [5.41, 5.74) is 2.23. The summed E-state index contributed by atoms with van der Waals surface area (Å²) in [7, 11) is 0. The zero-order chi connectivity index (χ0) is 20.9. The Morgan fingerprint density at radius 1 is 0.967 bits per heavy atom. The molecule has 0 aliphatic heterocycles. The summed E-state index contributed by atoms with van der Waals surface area (Å²) in [6, 6.07) is 20.5. The van der Waals surface area contributed by atoms with E-state index in [1.54, 1.807) is 30.5 Å². The molecule has 0 aliphatic rings. The normalized spacial score (nSPS) is 10.7. The molecule has 6 nitrogen and oxygen atoms in total. The molecule has 30 heavy (non-hydrogen) atoms. The summed E-state index contributed by atoms with van der Waals surface area (Å²) in [5.74, 6) is 0.582. The highest BCUT2D eigenvalue weighted by Crippen LogP contribution is 2.29. The maximum absolute atomic E-state index is 12.4. The fourth-order valence-electron chi connectivity index (χ4n) is 2.75. The molecule has 1 N–H and O–H groups in total. The van der Waals surface area contributed by atoms with Crippen LogP contribution >= 0.6 is 35.0 Å². The highest BCUT2D eigenvalue weighted by molar-refractivity contribution is 7.99. The van der Waals surface area contributed by atoms with Gasteiger partial charge in [0.25, 0.3) is 0 Å². The quantitative estimate of drug-likeness (QED) is 0.312. The molecule has 0 aliphatic carbocycles. The Kier molecular flexibility index (Phi) is 6.32. The predicted molar refractivity (Wildman–Crippen MR) is 120 cm³/mol. The molecule has 0 saturated carbocycles. The topological polar surface area (TPSA) is 72.7 Å². The lowest BCUT2D eigenvalue weighted by Gasteiger charge is -2.10. The first-order chi connectivity index (χ1) is 14.6. The Hall–Kier alpha value is -2.87. The lowest BCUT2D eigenvalue weighted by Crippen LogP contribution is -2.15. The fraction of sp³-hybridized carbons (Fsp3) is 0.0476. The van der Waals surface area contributed by atoms with Crippen molar-refractivity contribution < 1.29 is 4.79 Å². The van der Waals surface area contributed by atoms with Gasteiger partial charge in [0.15, 0.2) is 16.1 Å². The summed E-state index contributed by atoms with van der Waals surface area (Å²) in [5, 5.41) is 12.9. The number of para-hydroxylation sites is 1. The molecule has 0 radical (unpaired) electrons. The van der Waals surface area contributed by atoms with Crippen LogP contribution in [0, 0.1) is 0 Å². The Morgan fingerprint density at radius 2 is 1.73 bits per heavy atom. The van der Waals surface area contributed by atoms with Gasteiger partial charge in [0, 0.05) is 22.5 Å². The van der Waals surface area contributed by atoms with Crippen molar-refractivity contribution in [1.82, 2.24) is 19.7 Å². The number of thioether (sulfide) groups is 1. The maximum atomic E-state index is 12.4.